The SMILES string of the molecule is CON=C(C(=O)N[C@H]1C(=O)N(S(=O)(=O)[O-])[C@H]1C(Cl)OC(C)=O)c1csc(NC(=O)CCl)n1.[Na+]. The van der Waals surface area contributed by atoms with Gasteiger partial charge in [0.05, 0.1) is 0 Å². The molecule has 0 radical (unpaired) electrons. The second kappa shape index (κ2) is 12.3. The number of aromatic nitrogens is 1. The summed E-state index contributed by atoms with van der Waals surface area (Å²) in [6.45, 7) is 0.964. The van der Waals surface area contributed by atoms with Gasteiger partial charge in [-0.25, -0.2) is 17.7 Å². The predicted octanol–water partition coefficient (Wildman–Crippen LogP) is -4.04. The van der Waals surface area contributed by atoms with Crippen molar-refractivity contribution in [3.63, 3.8) is 0 Å². The number of oxime groups is 1. The minimum Gasteiger partial charge on any atom is -0.731 e. The number of nitrogens with one attached hydrogen (secondary N) is 2. The second-order valence-electron chi connectivity index (χ2n) is 5.84. The van der Waals surface area contributed by atoms with Gasteiger partial charge < -0.3 is 24.8 Å². The van der Waals surface area contributed by atoms with E-state index in [1.54, 1.807) is 0 Å². The Balaban J connectivity index is 0.00000544. The Bertz CT molecular complexity index is 1070. The number of alkyl halides is 2. The molecule has 0 spiro atoms. The Hall–Kier alpha value is -1.53. The molecule has 14 nitrogen and oxygen atoms in total. The molecule has 1 fully saturated rings. The van der Waals surface area contributed by atoms with Crippen molar-refractivity contribution in [3.8, 4) is 0 Å². The molecule has 2 heterocycles. The van der Waals surface area contributed by atoms with Gasteiger partial charge in [0.1, 0.15) is 30.8 Å². The summed E-state index contributed by atoms with van der Waals surface area (Å²) in [5.41, 5.74) is -2.29. The average Bonchev–Trinajstić information content (AvgIpc) is 3.13. The number of carbonyl (C=O) groups is 4. The number of amides is 3. The zero-order valence-electron chi connectivity index (χ0n) is 17.1. The number of esters is 1. The molecule has 2 N–H and O–H groups in total. The van der Waals surface area contributed by atoms with Gasteiger partial charge in [-0.15, -0.1) is 22.9 Å². The topological polar surface area (TPSA) is 196 Å². The summed E-state index contributed by atoms with van der Waals surface area (Å²) in [5, 5.41) is 9.45. The maximum absolute atomic E-state index is 12.7. The Kier molecular flexibility index (Phi) is 11.0. The predicted molar refractivity (Wildman–Crippen MR) is 109 cm³/mol. The van der Waals surface area contributed by atoms with Gasteiger partial charge >= 0.3 is 35.5 Å². The molecule has 1 aromatic heterocycles. The zero-order valence-corrected chi connectivity index (χ0v) is 22.2. The van der Waals surface area contributed by atoms with E-state index in [1.165, 1.54) is 5.38 Å². The molecule has 3 atom stereocenters. The van der Waals surface area contributed by atoms with Gasteiger partial charge in [-0.2, -0.15) is 0 Å². The first-order valence-electron chi connectivity index (χ1n) is 8.24. The summed E-state index contributed by atoms with van der Waals surface area (Å²) in [6, 6.07) is -3.36. The summed E-state index contributed by atoms with van der Waals surface area (Å²) in [5.74, 6) is -4.18. The van der Waals surface area contributed by atoms with Crippen LogP contribution in [0, 0.1) is 0 Å². The molecule has 0 saturated carbocycles. The molecule has 1 aliphatic rings. The summed E-state index contributed by atoms with van der Waals surface area (Å²) < 4.78 is 38.6. The van der Waals surface area contributed by atoms with E-state index in [0.29, 0.717) is 0 Å². The Labute approximate surface area is 223 Å². The third-order valence-electron chi connectivity index (χ3n) is 3.68. The minimum absolute atomic E-state index is 0. The van der Waals surface area contributed by atoms with Gasteiger partial charge in [0.2, 0.25) is 5.91 Å². The molecule has 19 heteroatoms. The van der Waals surface area contributed by atoms with Crippen molar-refractivity contribution in [2.45, 2.75) is 24.6 Å². The fourth-order valence-electron chi connectivity index (χ4n) is 2.47. The fraction of sp³-hybridized carbons (Fsp3) is 0.429. The largest absolute Gasteiger partial charge is 1.00 e. The maximum atomic E-state index is 12.7. The van der Waals surface area contributed by atoms with Gasteiger partial charge in [-0.3, -0.25) is 19.2 Å². The van der Waals surface area contributed by atoms with E-state index >= 15 is 0 Å². The van der Waals surface area contributed by atoms with Crippen LogP contribution < -0.4 is 40.2 Å². The van der Waals surface area contributed by atoms with Gasteiger partial charge in [0.25, 0.3) is 11.8 Å². The van der Waals surface area contributed by atoms with Crippen molar-refractivity contribution in [1.29, 1.82) is 0 Å². The molecule has 1 aromatic rings. The molecule has 176 valence electrons. The summed E-state index contributed by atoms with van der Waals surface area (Å²) in [7, 11) is -4.20. The smallest absolute Gasteiger partial charge is 0.731 e. The van der Waals surface area contributed by atoms with Crippen LogP contribution in [0.5, 0.6) is 0 Å². The quantitative estimate of drug-likeness (QED) is 0.0577. The first-order valence-corrected chi connectivity index (χ1v) is 11.5. The van der Waals surface area contributed by atoms with Crippen LogP contribution in [0.1, 0.15) is 12.6 Å². The van der Waals surface area contributed by atoms with Crippen LogP contribution in [-0.2, 0) is 39.1 Å². The minimum atomic E-state index is -5.32. The zero-order chi connectivity index (χ0) is 24.2. The van der Waals surface area contributed by atoms with Crippen LogP contribution in [0.3, 0.4) is 0 Å². The summed E-state index contributed by atoms with van der Waals surface area (Å²) in [4.78, 5) is 56.0. The average molecular weight is 554 g/mol. The molecule has 33 heavy (non-hydrogen) atoms. The number of hydrogen-bond acceptors (Lipinski definition) is 12. The number of ether oxygens (including phenoxy) is 1. The van der Waals surface area contributed by atoms with Crippen molar-refractivity contribution in [2.75, 3.05) is 18.3 Å². The molecule has 0 aliphatic carbocycles. The number of β-lactam (4-membered cyclic amide) rings is 1. The third kappa shape index (κ3) is 7.22. The molecule has 3 amide bonds. The number of anilines is 1. The second-order valence-corrected chi connectivity index (χ2v) is 8.64. The summed E-state index contributed by atoms with van der Waals surface area (Å²) >= 11 is 12.2. The van der Waals surface area contributed by atoms with Crippen LogP contribution in [-0.4, -0.2) is 82.3 Å². The van der Waals surface area contributed by atoms with Crippen molar-refractivity contribution in [1.82, 2.24) is 14.6 Å². The van der Waals surface area contributed by atoms with E-state index < -0.39 is 57.4 Å². The number of hydrogen-bond donors (Lipinski definition) is 2. The normalized spacial score (nSPS) is 19.0. The summed E-state index contributed by atoms with van der Waals surface area (Å²) in [6.07, 6.45) is 0. The van der Waals surface area contributed by atoms with Crippen LogP contribution >= 0.6 is 34.5 Å². The van der Waals surface area contributed by atoms with Crippen molar-refractivity contribution in [2.24, 2.45) is 5.16 Å². The Morgan fingerprint density at radius 1 is 1.42 bits per heavy atom. The first kappa shape index (κ1) is 29.5. The molecular formula is C14H14Cl2N5NaO9S2. The third-order valence-corrected chi connectivity index (χ3v) is 5.94. The van der Waals surface area contributed by atoms with Gasteiger partial charge in [0.15, 0.2) is 26.7 Å². The molecular weight excluding hydrogens is 540 g/mol. The fourth-order valence-corrected chi connectivity index (χ4v) is 4.57. The van der Waals surface area contributed by atoms with Crippen molar-refractivity contribution < 1.29 is 71.3 Å². The van der Waals surface area contributed by atoms with Crippen molar-refractivity contribution >= 4 is 79.4 Å². The molecule has 1 saturated heterocycles. The van der Waals surface area contributed by atoms with E-state index in [-0.39, 0.29) is 50.6 Å². The van der Waals surface area contributed by atoms with E-state index in [0.717, 1.165) is 25.4 Å². The Morgan fingerprint density at radius 2 is 2.06 bits per heavy atom. The van der Waals surface area contributed by atoms with Crippen LogP contribution in [0.25, 0.3) is 0 Å². The first-order chi connectivity index (χ1) is 14.9. The molecule has 0 aromatic carbocycles. The maximum Gasteiger partial charge on any atom is 1.00 e. The van der Waals surface area contributed by atoms with Crippen molar-refractivity contribution in [3.05, 3.63) is 11.1 Å². The van der Waals surface area contributed by atoms with Gasteiger partial charge in [-0.05, 0) is 0 Å². The standard InChI is InChI=1S/C14H15Cl2N5O9S2.Na/c1-5(22)30-11(16)10-9(13(25)21(10)32(26,27)28)19-12(24)8(20-29-2)6-4-31-14(17-6)18-7(23)3-15;/h4,9-11H,3H2,1-2H3,(H,19,24)(H,17,18,23)(H,26,27,28);/q;+1/p-1/t9-,10-,11?;/m1./s1. The van der Waals surface area contributed by atoms with Crippen LogP contribution in [0.15, 0.2) is 10.5 Å². The van der Waals surface area contributed by atoms with Gasteiger partial charge in [0, 0.05) is 12.3 Å². The monoisotopic (exact) mass is 553 g/mol. The van der Waals surface area contributed by atoms with Crippen LogP contribution in [0.4, 0.5) is 5.13 Å². The van der Waals surface area contributed by atoms with E-state index in [4.69, 9.17) is 23.2 Å². The van der Waals surface area contributed by atoms with E-state index in [2.05, 4.69) is 30.3 Å². The molecule has 1 unspecified atom stereocenters. The number of carbonyl (C=O) groups excluding carboxylic acids is 4. The van der Waals surface area contributed by atoms with Gasteiger partial charge in [-0.1, -0.05) is 16.8 Å². The van der Waals surface area contributed by atoms with Crippen LogP contribution in [0.2, 0.25) is 0 Å². The number of rotatable bonds is 9. The van der Waals surface area contributed by atoms with E-state index in [9.17, 15) is 32.1 Å². The van der Waals surface area contributed by atoms with E-state index in [1.807, 2.05) is 0 Å². The molecule has 2 rings (SSSR count). The number of nitrogens with zero attached hydrogens (tertiary/aromatic N) is 3. The number of halogens is 2. The Morgan fingerprint density at radius 3 is 2.58 bits per heavy atom. The molecule has 0 bridgehead atoms. The number of thiazole rings is 1. The molecule has 1 aliphatic heterocycles.